The van der Waals surface area contributed by atoms with Crippen LogP contribution in [0.25, 0.3) is 0 Å². The molecule has 0 atom stereocenters. The van der Waals surface area contributed by atoms with E-state index in [1.54, 1.807) is 17.7 Å². The molecule has 4 rings (SSSR count). The minimum atomic E-state index is -0.359. The molecule has 1 fully saturated rings. The quantitative estimate of drug-likeness (QED) is 0.199. The van der Waals surface area contributed by atoms with Crippen molar-refractivity contribution >= 4 is 51.4 Å². The third-order valence-electron chi connectivity index (χ3n) is 6.23. The molecule has 0 spiro atoms. The number of halogens is 1. The van der Waals surface area contributed by atoms with Crippen LogP contribution in [-0.4, -0.2) is 69.5 Å². The third kappa shape index (κ3) is 7.22. The number of hydrogen-bond acceptors (Lipinski definition) is 10. The van der Waals surface area contributed by atoms with Crippen molar-refractivity contribution in [2.45, 2.75) is 33.1 Å². The number of Topliss-reactive ketones (excluding diaryl/α,β-unsaturated/α-hetero) is 1. The molecule has 3 N–H and O–H groups in total. The molecule has 1 aliphatic heterocycles. The van der Waals surface area contributed by atoms with Gasteiger partial charge in [-0.25, -0.2) is 20.4 Å². The number of amides is 1. The summed E-state index contributed by atoms with van der Waals surface area (Å²) in [6, 6.07) is 7.51. The number of anilines is 3. The first-order chi connectivity index (χ1) is 17.8. The number of benzene rings is 1. The number of nitrogens with one attached hydrogen (secondary N) is 2. The van der Waals surface area contributed by atoms with Gasteiger partial charge in [0, 0.05) is 50.1 Å². The number of nitrogens with zero attached hydrogens (tertiary/aromatic N) is 5. The number of carbonyl (C=O) groups is 2. The number of carbonyl (C=O) groups excluding carboxylic acids is 2. The Labute approximate surface area is 224 Å². The van der Waals surface area contributed by atoms with Gasteiger partial charge in [-0.05, 0) is 44.0 Å². The summed E-state index contributed by atoms with van der Waals surface area (Å²) in [4.78, 5) is 42.6. The Kier molecular flexibility index (Phi) is 9.04. The van der Waals surface area contributed by atoms with Gasteiger partial charge < -0.3 is 10.2 Å². The first kappa shape index (κ1) is 26.9. The van der Waals surface area contributed by atoms with E-state index in [0.717, 1.165) is 49.7 Å². The van der Waals surface area contributed by atoms with Crippen molar-refractivity contribution in [3.05, 3.63) is 57.3 Å². The number of aromatic nitrogens is 3. The number of aryl methyl sites for hydroxylation is 2. The van der Waals surface area contributed by atoms with Crippen LogP contribution in [-0.2, 0) is 11.2 Å². The fraction of sp³-hybridized carbons (Fsp3) is 0.400. The van der Waals surface area contributed by atoms with Crippen molar-refractivity contribution in [3.8, 4) is 0 Å². The molecular weight excluding hydrogens is 514 g/mol. The van der Waals surface area contributed by atoms with E-state index in [2.05, 4.69) is 30.1 Å². The van der Waals surface area contributed by atoms with Gasteiger partial charge in [-0.3, -0.25) is 19.7 Å². The van der Waals surface area contributed by atoms with E-state index in [1.165, 1.54) is 11.3 Å². The van der Waals surface area contributed by atoms with Gasteiger partial charge >= 0.3 is 0 Å². The number of hydrogen-bond donors (Lipinski definition) is 3. The molecule has 2 aromatic heterocycles. The maximum absolute atomic E-state index is 12.9. The van der Waals surface area contributed by atoms with Crippen LogP contribution in [0.3, 0.4) is 0 Å². The van der Waals surface area contributed by atoms with Gasteiger partial charge in [0.15, 0.2) is 10.9 Å². The van der Waals surface area contributed by atoms with Gasteiger partial charge in [0.1, 0.15) is 17.5 Å². The largest absolute Gasteiger partial charge is 0.354 e. The summed E-state index contributed by atoms with van der Waals surface area (Å²) in [5, 5.41) is 13.0. The molecule has 10 nitrogen and oxygen atoms in total. The molecule has 0 unspecified atom stereocenters. The van der Waals surface area contributed by atoms with Crippen LogP contribution >= 0.6 is 22.9 Å². The second-order valence-corrected chi connectivity index (χ2v) is 10.4. The Morgan fingerprint density at radius 1 is 1.16 bits per heavy atom. The summed E-state index contributed by atoms with van der Waals surface area (Å²) < 4.78 is 0. The molecule has 1 aliphatic rings. The first-order valence-electron chi connectivity index (χ1n) is 12.1. The number of rotatable bonds is 10. The highest BCUT2D eigenvalue weighted by Crippen LogP contribution is 2.27. The van der Waals surface area contributed by atoms with Crippen molar-refractivity contribution in [3.63, 3.8) is 0 Å². The Hall–Kier alpha value is -3.12. The summed E-state index contributed by atoms with van der Waals surface area (Å²) in [6.07, 6.45) is 2.81. The van der Waals surface area contributed by atoms with Gasteiger partial charge in [0.25, 0.3) is 0 Å². The second kappa shape index (κ2) is 12.4. The fourth-order valence-corrected chi connectivity index (χ4v) is 5.26. The third-order valence-corrected chi connectivity index (χ3v) is 7.54. The summed E-state index contributed by atoms with van der Waals surface area (Å²) in [6.45, 7) is 7.92. The zero-order chi connectivity index (χ0) is 26.4. The predicted molar refractivity (Wildman–Crippen MR) is 144 cm³/mol. The van der Waals surface area contributed by atoms with Crippen LogP contribution in [0.15, 0.2) is 30.5 Å². The number of thiazole rings is 1. The molecule has 1 saturated heterocycles. The van der Waals surface area contributed by atoms with Gasteiger partial charge in [-0.15, -0.1) is 0 Å². The van der Waals surface area contributed by atoms with Gasteiger partial charge in [0.2, 0.25) is 5.91 Å². The van der Waals surface area contributed by atoms with E-state index < -0.39 is 0 Å². The smallest absolute Gasteiger partial charge is 0.243 e. The Balaban J connectivity index is 1.35. The molecule has 3 aromatic rings. The summed E-state index contributed by atoms with van der Waals surface area (Å²) in [7, 11) is 0. The first-order valence-corrected chi connectivity index (χ1v) is 13.3. The fourth-order valence-electron chi connectivity index (χ4n) is 4.21. The van der Waals surface area contributed by atoms with E-state index in [0.29, 0.717) is 39.5 Å². The SMILES string of the molecule is Cc1nc(Nc2ncc(C(=O)Cc3c(C)cccc3Cl)s2)cc(N2CCN(CCCC(=O)NO)CC2)n1. The van der Waals surface area contributed by atoms with E-state index in [4.69, 9.17) is 16.8 Å². The van der Waals surface area contributed by atoms with Crippen molar-refractivity contribution in [2.75, 3.05) is 42.9 Å². The average Bonchev–Trinajstić information content (AvgIpc) is 3.34. The Morgan fingerprint density at radius 2 is 1.95 bits per heavy atom. The lowest BCUT2D eigenvalue weighted by Crippen LogP contribution is -2.47. The predicted octanol–water partition coefficient (Wildman–Crippen LogP) is 3.78. The zero-order valence-corrected chi connectivity index (χ0v) is 22.4. The summed E-state index contributed by atoms with van der Waals surface area (Å²) >= 11 is 7.58. The average molecular weight is 544 g/mol. The van der Waals surface area contributed by atoms with Crippen molar-refractivity contribution < 1.29 is 14.8 Å². The van der Waals surface area contributed by atoms with Crippen LogP contribution < -0.4 is 15.7 Å². The molecule has 1 amide bonds. The van der Waals surface area contributed by atoms with Crippen LogP contribution in [0.4, 0.5) is 16.8 Å². The molecular formula is C25H30ClN7O3S. The molecule has 12 heteroatoms. The molecule has 0 radical (unpaired) electrons. The number of ketones is 1. The lowest BCUT2D eigenvalue weighted by molar-refractivity contribution is -0.129. The second-order valence-electron chi connectivity index (χ2n) is 8.92. The minimum Gasteiger partial charge on any atom is -0.354 e. The maximum atomic E-state index is 12.9. The van der Waals surface area contributed by atoms with Gasteiger partial charge in [0.05, 0.1) is 11.1 Å². The molecule has 1 aromatic carbocycles. The highest BCUT2D eigenvalue weighted by atomic mass is 35.5. The van der Waals surface area contributed by atoms with E-state index >= 15 is 0 Å². The zero-order valence-electron chi connectivity index (χ0n) is 20.8. The van der Waals surface area contributed by atoms with Crippen LogP contribution in [0.2, 0.25) is 5.02 Å². The standard InChI is InChI=1S/C25H30ClN7O3S/c1-16-5-3-6-19(26)18(16)13-20(34)21-15-27-25(37-21)30-22-14-23(29-17(2)28-22)33-11-9-32(10-12-33)8-4-7-24(35)31-36/h3,5-6,14-15,36H,4,7-13H2,1-2H3,(H,31,35)(H,27,28,29,30). The molecule has 0 saturated carbocycles. The molecule has 37 heavy (non-hydrogen) atoms. The summed E-state index contributed by atoms with van der Waals surface area (Å²) in [5.41, 5.74) is 3.49. The minimum absolute atomic E-state index is 0.0313. The number of hydroxylamine groups is 1. The Bertz CT molecular complexity index is 1240. The molecule has 0 aliphatic carbocycles. The highest BCUT2D eigenvalue weighted by Gasteiger charge is 2.20. The topological polar surface area (TPSA) is 124 Å². The van der Waals surface area contributed by atoms with E-state index in [9.17, 15) is 9.59 Å². The van der Waals surface area contributed by atoms with Crippen molar-refractivity contribution in [1.82, 2.24) is 25.3 Å². The molecule has 196 valence electrons. The number of piperazine rings is 1. The summed E-state index contributed by atoms with van der Waals surface area (Å²) in [5.74, 6) is 1.70. The van der Waals surface area contributed by atoms with Gasteiger partial charge in [-0.1, -0.05) is 35.1 Å². The maximum Gasteiger partial charge on any atom is 0.243 e. The van der Waals surface area contributed by atoms with E-state index in [-0.39, 0.29) is 18.1 Å². The van der Waals surface area contributed by atoms with Crippen LogP contribution in [0.5, 0.6) is 0 Å². The van der Waals surface area contributed by atoms with Crippen LogP contribution in [0, 0.1) is 13.8 Å². The monoisotopic (exact) mass is 543 g/mol. The molecule has 0 bridgehead atoms. The highest BCUT2D eigenvalue weighted by molar-refractivity contribution is 7.17. The molecule has 3 heterocycles. The Morgan fingerprint density at radius 3 is 2.68 bits per heavy atom. The lowest BCUT2D eigenvalue weighted by atomic mass is 10.0. The lowest BCUT2D eigenvalue weighted by Gasteiger charge is -2.35. The normalized spacial score (nSPS) is 14.0. The van der Waals surface area contributed by atoms with Crippen LogP contribution in [0.1, 0.15) is 39.5 Å². The van der Waals surface area contributed by atoms with E-state index in [1.807, 2.05) is 32.0 Å². The van der Waals surface area contributed by atoms with Crippen molar-refractivity contribution in [2.24, 2.45) is 0 Å². The van der Waals surface area contributed by atoms with Crippen molar-refractivity contribution in [1.29, 1.82) is 0 Å². The van der Waals surface area contributed by atoms with Gasteiger partial charge in [-0.2, -0.15) is 0 Å².